The second-order valence-electron chi connectivity index (χ2n) is 15.7. The lowest BCUT2D eigenvalue weighted by atomic mass is 9.81. The van der Waals surface area contributed by atoms with E-state index in [9.17, 15) is 0 Å². The molecule has 10 aromatic carbocycles. The van der Waals surface area contributed by atoms with Crippen molar-refractivity contribution in [3.05, 3.63) is 241 Å². The van der Waals surface area contributed by atoms with Crippen molar-refractivity contribution in [1.29, 1.82) is 0 Å². The summed E-state index contributed by atoms with van der Waals surface area (Å²) >= 11 is 0. The van der Waals surface area contributed by atoms with E-state index < -0.39 is 0 Å². The molecule has 2 heteroatoms. The van der Waals surface area contributed by atoms with E-state index in [1.807, 2.05) is 0 Å². The van der Waals surface area contributed by atoms with Crippen LogP contribution in [0.4, 0.5) is 34.1 Å². The SMILES string of the molecule is C1=C(c2c3cc(N(c4ccccc4)c4ccccc4)ccc3c(-c3ccc4ccccc4c3)c3cc(N(c4ccccc4)c4ccccc4)ccc23)CCc2ccccc21. The maximum atomic E-state index is 2.45. The fourth-order valence-electron chi connectivity index (χ4n) is 9.32. The average molecular weight is 767 g/mol. The van der Waals surface area contributed by atoms with Gasteiger partial charge in [0.25, 0.3) is 0 Å². The number of aryl methyl sites for hydroxylation is 1. The first-order valence-electron chi connectivity index (χ1n) is 20.9. The third-order valence-electron chi connectivity index (χ3n) is 12.1. The second-order valence-corrected chi connectivity index (χ2v) is 15.7. The zero-order chi connectivity index (χ0) is 39.8. The first-order valence-corrected chi connectivity index (χ1v) is 20.9. The first kappa shape index (κ1) is 35.5. The molecule has 0 atom stereocenters. The van der Waals surface area contributed by atoms with Gasteiger partial charge in [0, 0.05) is 34.1 Å². The van der Waals surface area contributed by atoms with Crippen molar-refractivity contribution in [2.75, 3.05) is 9.80 Å². The third kappa shape index (κ3) is 6.40. The maximum Gasteiger partial charge on any atom is 0.0468 e. The fraction of sp³-hybridized carbons (Fsp3) is 0.0345. The van der Waals surface area contributed by atoms with Crippen molar-refractivity contribution in [3.8, 4) is 11.1 Å². The van der Waals surface area contributed by atoms with Gasteiger partial charge in [-0.25, -0.2) is 0 Å². The molecule has 0 saturated carbocycles. The Morgan fingerprint density at radius 2 is 0.767 bits per heavy atom. The minimum absolute atomic E-state index is 0.962. The zero-order valence-electron chi connectivity index (χ0n) is 33.2. The smallest absolute Gasteiger partial charge is 0.0468 e. The highest BCUT2D eigenvalue weighted by Gasteiger charge is 2.24. The van der Waals surface area contributed by atoms with Crippen LogP contribution in [0.2, 0.25) is 0 Å². The van der Waals surface area contributed by atoms with Crippen molar-refractivity contribution in [2.45, 2.75) is 12.8 Å². The van der Waals surface area contributed by atoms with Gasteiger partial charge < -0.3 is 9.80 Å². The molecule has 0 fully saturated rings. The molecular weight excluding hydrogens is 725 g/mol. The van der Waals surface area contributed by atoms with Crippen LogP contribution in [0, 0.1) is 0 Å². The molecule has 0 radical (unpaired) electrons. The fourth-order valence-corrected chi connectivity index (χ4v) is 9.32. The van der Waals surface area contributed by atoms with E-state index in [1.165, 1.54) is 65.7 Å². The Labute approximate surface area is 351 Å². The second kappa shape index (κ2) is 15.2. The summed E-state index contributed by atoms with van der Waals surface area (Å²) in [7, 11) is 0. The molecule has 10 aromatic rings. The Bertz CT molecular complexity index is 3110. The Morgan fingerprint density at radius 3 is 1.33 bits per heavy atom. The number of hydrogen-bond donors (Lipinski definition) is 0. The van der Waals surface area contributed by atoms with Gasteiger partial charge in [0.2, 0.25) is 0 Å². The minimum atomic E-state index is 0.962. The molecule has 11 rings (SSSR count). The summed E-state index contributed by atoms with van der Waals surface area (Å²) in [6, 6.07) is 81.8. The zero-order valence-corrected chi connectivity index (χ0v) is 33.2. The van der Waals surface area contributed by atoms with Gasteiger partial charge in [-0.3, -0.25) is 0 Å². The molecule has 0 heterocycles. The summed E-state index contributed by atoms with van der Waals surface area (Å²) in [5.74, 6) is 0. The van der Waals surface area contributed by atoms with Crippen molar-refractivity contribution in [2.24, 2.45) is 0 Å². The number of benzene rings is 10. The van der Waals surface area contributed by atoms with Crippen molar-refractivity contribution < 1.29 is 0 Å². The van der Waals surface area contributed by atoms with Crippen LogP contribution >= 0.6 is 0 Å². The van der Waals surface area contributed by atoms with E-state index in [4.69, 9.17) is 0 Å². The number of nitrogens with zero attached hydrogens (tertiary/aromatic N) is 2. The standard InChI is InChI=1S/C58H42N2/c1-5-21-47(22-6-1)59(48-23-7-2-8-24-48)51-33-35-53-55(39-51)57(45-31-29-41-17-13-15-19-43(41)37-45)54-36-34-52(60(49-25-9-3-10-26-49)50-27-11-4-12-28-50)40-56(54)58(53)46-32-30-42-18-14-16-20-44(42)38-46/h1-29,31,33-40H,30,32H2. The monoisotopic (exact) mass is 766 g/mol. The lowest BCUT2D eigenvalue weighted by Gasteiger charge is -2.29. The van der Waals surface area contributed by atoms with Gasteiger partial charge in [-0.2, -0.15) is 0 Å². The molecule has 0 amide bonds. The minimum Gasteiger partial charge on any atom is -0.310 e. The normalized spacial score (nSPS) is 12.3. The highest BCUT2D eigenvalue weighted by atomic mass is 15.1. The molecule has 0 saturated heterocycles. The molecule has 0 spiro atoms. The molecule has 2 nitrogen and oxygen atoms in total. The highest BCUT2D eigenvalue weighted by molar-refractivity contribution is 6.21. The highest BCUT2D eigenvalue weighted by Crippen LogP contribution is 2.49. The van der Waals surface area contributed by atoms with Crippen LogP contribution in [-0.2, 0) is 6.42 Å². The Morgan fingerprint density at radius 1 is 0.300 bits per heavy atom. The van der Waals surface area contributed by atoms with E-state index >= 15 is 0 Å². The molecule has 60 heavy (non-hydrogen) atoms. The average Bonchev–Trinajstić information content (AvgIpc) is 3.32. The van der Waals surface area contributed by atoms with E-state index in [2.05, 4.69) is 240 Å². The lowest BCUT2D eigenvalue weighted by molar-refractivity contribution is 1.00. The van der Waals surface area contributed by atoms with E-state index in [1.54, 1.807) is 0 Å². The summed E-state index contributed by atoms with van der Waals surface area (Å²) in [5, 5.41) is 7.44. The lowest BCUT2D eigenvalue weighted by Crippen LogP contribution is -2.10. The maximum absolute atomic E-state index is 2.45. The number of para-hydroxylation sites is 4. The summed E-state index contributed by atoms with van der Waals surface area (Å²) in [6.07, 6.45) is 4.42. The summed E-state index contributed by atoms with van der Waals surface area (Å²) in [4.78, 5) is 4.76. The first-order chi connectivity index (χ1) is 29.8. The molecule has 1 aliphatic carbocycles. The van der Waals surface area contributed by atoms with Gasteiger partial charge in [-0.05, 0) is 157 Å². The van der Waals surface area contributed by atoms with Gasteiger partial charge in [0.1, 0.15) is 0 Å². The molecule has 0 aliphatic heterocycles. The van der Waals surface area contributed by atoms with Crippen LogP contribution in [0.3, 0.4) is 0 Å². The summed E-state index contributed by atoms with van der Waals surface area (Å²) in [5.41, 5.74) is 14.6. The number of hydrogen-bond acceptors (Lipinski definition) is 2. The topological polar surface area (TPSA) is 6.48 Å². The molecule has 284 valence electrons. The quantitative estimate of drug-likeness (QED) is 0.142. The van der Waals surface area contributed by atoms with Crippen molar-refractivity contribution in [1.82, 2.24) is 0 Å². The predicted molar refractivity (Wildman–Crippen MR) is 256 cm³/mol. The largest absolute Gasteiger partial charge is 0.310 e. The number of rotatable bonds is 8. The number of anilines is 6. The van der Waals surface area contributed by atoms with Crippen LogP contribution in [0.5, 0.6) is 0 Å². The molecule has 0 bridgehead atoms. The van der Waals surface area contributed by atoms with E-state index in [-0.39, 0.29) is 0 Å². The molecule has 1 aliphatic rings. The van der Waals surface area contributed by atoms with Crippen LogP contribution < -0.4 is 9.80 Å². The molecular formula is C58H42N2. The van der Waals surface area contributed by atoms with Crippen molar-refractivity contribution >= 4 is 78.1 Å². The van der Waals surface area contributed by atoms with Gasteiger partial charge in [-0.1, -0.05) is 152 Å². The molecule has 0 aromatic heterocycles. The Hall–Kier alpha value is -7.68. The van der Waals surface area contributed by atoms with Gasteiger partial charge in [0.15, 0.2) is 0 Å². The Kier molecular flexibility index (Phi) is 9.02. The summed E-state index contributed by atoms with van der Waals surface area (Å²) < 4.78 is 0. The van der Waals surface area contributed by atoms with Crippen molar-refractivity contribution in [3.63, 3.8) is 0 Å². The Balaban J connectivity index is 1.25. The molecule has 0 N–H and O–H groups in total. The van der Waals surface area contributed by atoms with E-state index in [0.29, 0.717) is 0 Å². The van der Waals surface area contributed by atoms with Crippen LogP contribution in [0.1, 0.15) is 23.1 Å². The third-order valence-corrected chi connectivity index (χ3v) is 12.1. The van der Waals surface area contributed by atoms with Crippen LogP contribution in [0.15, 0.2) is 224 Å². The van der Waals surface area contributed by atoms with Gasteiger partial charge >= 0.3 is 0 Å². The van der Waals surface area contributed by atoms with Gasteiger partial charge in [0.05, 0.1) is 0 Å². The van der Waals surface area contributed by atoms with E-state index in [0.717, 1.165) is 47.0 Å². The predicted octanol–water partition coefficient (Wildman–Crippen LogP) is 16.2. The van der Waals surface area contributed by atoms with Crippen LogP contribution in [0.25, 0.3) is 55.1 Å². The number of fused-ring (bicyclic) bond motifs is 4. The van der Waals surface area contributed by atoms with Crippen LogP contribution in [-0.4, -0.2) is 0 Å². The number of allylic oxidation sites excluding steroid dienone is 1. The summed E-state index contributed by atoms with van der Waals surface area (Å²) in [6.45, 7) is 0. The van der Waals surface area contributed by atoms with Gasteiger partial charge in [-0.15, -0.1) is 0 Å². The molecule has 0 unspecified atom stereocenters.